The Hall–Kier alpha value is -2.17. The quantitative estimate of drug-likeness (QED) is 0.544. The van der Waals surface area contributed by atoms with Crippen LogP contribution in [0.5, 0.6) is 5.75 Å². The molecule has 1 heterocycles. The van der Waals surface area contributed by atoms with Crippen LogP contribution in [0.25, 0.3) is 0 Å². The average Bonchev–Trinajstić information content (AvgIpc) is 2.86. The van der Waals surface area contributed by atoms with Crippen molar-refractivity contribution in [3.8, 4) is 5.75 Å². The molecule has 9 nitrogen and oxygen atoms in total. The maximum atomic E-state index is 13.0. The summed E-state index contributed by atoms with van der Waals surface area (Å²) in [6, 6.07) is 6.92. The van der Waals surface area contributed by atoms with E-state index in [2.05, 4.69) is 5.32 Å². The zero-order chi connectivity index (χ0) is 23.8. The number of nitrogens with one attached hydrogen (secondary N) is 1. The Morgan fingerprint density at radius 2 is 1.70 bits per heavy atom. The Morgan fingerprint density at radius 3 is 2.30 bits per heavy atom. The van der Waals surface area contributed by atoms with Crippen LogP contribution in [0.15, 0.2) is 24.3 Å². The molecule has 2 fully saturated rings. The van der Waals surface area contributed by atoms with E-state index in [1.165, 1.54) is 15.0 Å². The molecule has 0 bridgehead atoms. The molecule has 0 atom stereocenters. The number of piperazine rings is 1. The first kappa shape index (κ1) is 25.5. The summed E-state index contributed by atoms with van der Waals surface area (Å²) in [5, 5.41) is 2.82. The molecule has 2 aliphatic rings. The molecule has 33 heavy (non-hydrogen) atoms. The van der Waals surface area contributed by atoms with E-state index in [9.17, 15) is 18.0 Å². The lowest BCUT2D eigenvalue weighted by molar-refractivity contribution is -0.132. The molecule has 1 aromatic rings. The predicted molar refractivity (Wildman–Crippen MR) is 126 cm³/mol. The van der Waals surface area contributed by atoms with Gasteiger partial charge in [0.1, 0.15) is 5.75 Å². The van der Waals surface area contributed by atoms with Crippen LogP contribution in [0.4, 0.5) is 0 Å². The molecular weight excluding hydrogens is 444 g/mol. The zero-order valence-corrected chi connectivity index (χ0v) is 20.5. The highest BCUT2D eigenvalue weighted by Gasteiger charge is 2.35. The third-order valence-corrected chi connectivity index (χ3v) is 8.62. The summed E-state index contributed by atoms with van der Waals surface area (Å²) in [6.07, 6.45) is 6.02. The Labute approximate surface area is 197 Å². The van der Waals surface area contributed by atoms with E-state index in [4.69, 9.17) is 4.74 Å². The number of carbonyl (C=O) groups excluding carboxylic acids is 2. The van der Waals surface area contributed by atoms with Crippen LogP contribution in [0, 0.1) is 0 Å². The summed E-state index contributed by atoms with van der Waals surface area (Å²) in [5.74, 6) is 0.489. The number of nitrogens with zero attached hydrogens (tertiary/aromatic N) is 3. The van der Waals surface area contributed by atoms with E-state index in [1.54, 1.807) is 43.3 Å². The van der Waals surface area contributed by atoms with Crippen LogP contribution in [-0.4, -0.2) is 86.7 Å². The third kappa shape index (κ3) is 6.68. The maximum Gasteiger partial charge on any atom is 0.282 e. The molecule has 10 heteroatoms. The third-order valence-electron chi connectivity index (χ3n) is 6.58. The fourth-order valence-electron chi connectivity index (χ4n) is 4.43. The van der Waals surface area contributed by atoms with Crippen molar-refractivity contribution in [3.05, 3.63) is 29.8 Å². The maximum absolute atomic E-state index is 13.0. The highest BCUT2D eigenvalue weighted by molar-refractivity contribution is 7.86. The number of benzene rings is 1. The Balaban J connectivity index is 1.37. The summed E-state index contributed by atoms with van der Waals surface area (Å²) in [5.41, 5.74) is 0.539. The van der Waals surface area contributed by atoms with Gasteiger partial charge in [-0.1, -0.05) is 19.3 Å². The summed E-state index contributed by atoms with van der Waals surface area (Å²) in [7, 11) is -0.245. The second-order valence-electron chi connectivity index (χ2n) is 8.68. The zero-order valence-electron chi connectivity index (χ0n) is 19.7. The van der Waals surface area contributed by atoms with Gasteiger partial charge in [-0.2, -0.15) is 17.0 Å². The molecule has 3 rings (SSSR count). The molecule has 1 aliphatic heterocycles. The average molecular weight is 481 g/mol. The highest BCUT2D eigenvalue weighted by Crippen LogP contribution is 2.25. The Kier molecular flexibility index (Phi) is 9.10. The van der Waals surface area contributed by atoms with E-state index in [1.807, 2.05) is 0 Å². The van der Waals surface area contributed by atoms with Gasteiger partial charge in [0.2, 0.25) is 5.91 Å². The van der Waals surface area contributed by atoms with E-state index in [0.29, 0.717) is 56.9 Å². The number of rotatable bonds is 9. The largest absolute Gasteiger partial charge is 0.497 e. The van der Waals surface area contributed by atoms with E-state index in [-0.39, 0.29) is 17.9 Å². The second-order valence-corrected chi connectivity index (χ2v) is 10.7. The second kappa shape index (κ2) is 11.8. The van der Waals surface area contributed by atoms with Crippen LogP contribution in [-0.2, 0) is 15.0 Å². The minimum atomic E-state index is -3.50. The molecule has 0 radical (unpaired) electrons. The van der Waals surface area contributed by atoms with Gasteiger partial charge in [0.05, 0.1) is 7.11 Å². The molecule has 1 N–H and O–H groups in total. The number of ether oxygens (including phenoxy) is 1. The molecule has 184 valence electrons. The molecule has 0 aromatic heterocycles. The van der Waals surface area contributed by atoms with Crippen LogP contribution in [0.1, 0.15) is 55.3 Å². The van der Waals surface area contributed by atoms with Gasteiger partial charge in [0.15, 0.2) is 0 Å². The molecule has 1 aromatic carbocycles. The van der Waals surface area contributed by atoms with Gasteiger partial charge in [0.25, 0.3) is 16.1 Å². The fraction of sp³-hybridized carbons (Fsp3) is 0.652. The smallest absolute Gasteiger partial charge is 0.282 e. The van der Waals surface area contributed by atoms with E-state index >= 15 is 0 Å². The first-order valence-electron chi connectivity index (χ1n) is 11.8. The Morgan fingerprint density at radius 1 is 1.06 bits per heavy atom. The number of carbonyl (C=O) groups is 2. The normalized spacial score (nSPS) is 18.3. The monoisotopic (exact) mass is 480 g/mol. The van der Waals surface area contributed by atoms with Crippen molar-refractivity contribution in [2.24, 2.45) is 0 Å². The van der Waals surface area contributed by atoms with Gasteiger partial charge in [-0.15, -0.1) is 0 Å². The van der Waals surface area contributed by atoms with Gasteiger partial charge in [-0.05, 0) is 43.5 Å². The molecule has 1 saturated carbocycles. The van der Waals surface area contributed by atoms with Gasteiger partial charge in [-0.3, -0.25) is 9.59 Å². The number of hydrogen-bond acceptors (Lipinski definition) is 5. The molecule has 1 aliphatic carbocycles. The molecular formula is C23H36N4O5S. The van der Waals surface area contributed by atoms with Crippen molar-refractivity contribution < 1.29 is 22.7 Å². The molecule has 2 amide bonds. The number of methoxy groups -OCH3 is 1. The number of amides is 2. The SMILES string of the molecule is COc1ccc(C(=O)NCCCC(=O)N2CCN(S(=O)(=O)N(C)C3CCCCC3)CC2)cc1. The minimum absolute atomic E-state index is 0.00798. The van der Waals surface area contributed by atoms with Gasteiger partial charge < -0.3 is 15.0 Å². The summed E-state index contributed by atoms with van der Waals surface area (Å²) in [6.45, 7) is 1.83. The molecule has 0 unspecified atom stereocenters. The van der Waals surface area contributed by atoms with Crippen molar-refractivity contribution in [2.75, 3.05) is 46.9 Å². The first-order valence-corrected chi connectivity index (χ1v) is 13.2. The lowest BCUT2D eigenvalue weighted by Gasteiger charge is -2.38. The lowest BCUT2D eigenvalue weighted by Crippen LogP contribution is -2.55. The minimum Gasteiger partial charge on any atom is -0.497 e. The van der Waals surface area contributed by atoms with Gasteiger partial charge in [-0.25, -0.2) is 0 Å². The van der Waals surface area contributed by atoms with E-state index in [0.717, 1.165) is 25.7 Å². The van der Waals surface area contributed by atoms with Crippen LogP contribution in [0.3, 0.4) is 0 Å². The summed E-state index contributed by atoms with van der Waals surface area (Å²) >= 11 is 0. The first-order chi connectivity index (χ1) is 15.8. The summed E-state index contributed by atoms with van der Waals surface area (Å²) in [4.78, 5) is 26.4. The van der Waals surface area contributed by atoms with Crippen molar-refractivity contribution in [1.29, 1.82) is 0 Å². The van der Waals surface area contributed by atoms with Crippen LogP contribution in [0.2, 0.25) is 0 Å². The topological polar surface area (TPSA) is 99.3 Å². The molecule has 0 spiro atoms. The number of hydrogen-bond donors (Lipinski definition) is 1. The highest BCUT2D eigenvalue weighted by atomic mass is 32.2. The lowest BCUT2D eigenvalue weighted by atomic mass is 9.96. The summed E-state index contributed by atoms with van der Waals surface area (Å²) < 4.78 is 34.1. The standard InChI is InChI=1S/C23H36N4O5S/c1-25(20-7-4-3-5-8-20)33(30,31)27-17-15-26(16-18-27)22(28)9-6-14-24-23(29)19-10-12-21(32-2)13-11-19/h10-13,20H,3-9,14-18H2,1-2H3,(H,24,29). The van der Waals surface area contributed by atoms with Crippen molar-refractivity contribution in [1.82, 2.24) is 18.8 Å². The molecule has 1 saturated heterocycles. The van der Waals surface area contributed by atoms with Gasteiger partial charge >= 0.3 is 0 Å². The van der Waals surface area contributed by atoms with Gasteiger partial charge in [0, 0.05) is 57.8 Å². The fourth-order valence-corrected chi connectivity index (χ4v) is 6.00. The predicted octanol–water partition coefficient (Wildman–Crippen LogP) is 1.86. The van der Waals surface area contributed by atoms with Crippen molar-refractivity contribution in [2.45, 2.75) is 51.0 Å². The van der Waals surface area contributed by atoms with Crippen molar-refractivity contribution >= 4 is 22.0 Å². The van der Waals surface area contributed by atoms with Crippen molar-refractivity contribution in [3.63, 3.8) is 0 Å². The van der Waals surface area contributed by atoms with Crippen LogP contribution < -0.4 is 10.1 Å². The van der Waals surface area contributed by atoms with Crippen LogP contribution >= 0.6 is 0 Å². The Bertz CT molecular complexity index is 892. The van der Waals surface area contributed by atoms with E-state index < -0.39 is 10.2 Å².